The number of amides is 3. The molecule has 6 aliphatic heterocycles. The van der Waals surface area contributed by atoms with Crippen LogP contribution in [0, 0.1) is 30.6 Å². The van der Waals surface area contributed by atoms with Crippen molar-refractivity contribution in [3.05, 3.63) is 107 Å². The van der Waals surface area contributed by atoms with Crippen LogP contribution in [-0.2, 0) is 47.5 Å². The molecule has 8 heterocycles. The molecule has 11 rings (SSSR count). The number of aliphatic imine (C=N–C) groups is 2. The number of aromatic nitrogens is 3. The highest BCUT2D eigenvalue weighted by atomic mass is 16.8. The molecule has 4 aromatic rings. The lowest BCUT2D eigenvalue weighted by Gasteiger charge is -2.45. The minimum Gasteiger partial charge on any atom is -0.507 e. The van der Waals surface area contributed by atoms with Crippen molar-refractivity contribution >= 4 is 70.4 Å². The number of pyridine rings is 1. The molecule has 5 bridgehead atoms. The summed E-state index contributed by atoms with van der Waals surface area (Å²) < 4.78 is 46.5. The lowest BCUT2D eigenvalue weighted by atomic mass is 9.78. The first-order chi connectivity index (χ1) is 55.6. The topological polar surface area (TPSA) is 693 Å². The normalized spacial score (nSPS) is 33.5. The van der Waals surface area contributed by atoms with Gasteiger partial charge in [0.05, 0.1) is 77.9 Å². The number of hydrogen-bond donors (Lipinski definition) is 21. The maximum absolute atomic E-state index is 14.4. The Labute approximate surface area is 677 Å². The van der Waals surface area contributed by atoms with Crippen molar-refractivity contribution < 1.29 is 128 Å². The Morgan fingerprint density at radius 3 is 1.97 bits per heavy atom. The number of aldehydes is 1. The summed E-state index contributed by atoms with van der Waals surface area (Å²) in [5, 5.41) is 143. The van der Waals surface area contributed by atoms with Gasteiger partial charge in [0.1, 0.15) is 90.0 Å². The Bertz CT molecular complexity index is 4330. The number of ketones is 1. The number of nitrogens with two attached hydrogens (primary N) is 6. The average Bonchev–Trinajstić information content (AvgIpc) is 1.46. The molecule has 650 valence electrons. The number of aliphatic hydroxyl groups excluding tert-OH is 8. The zero-order valence-electron chi connectivity index (χ0n) is 66.9. The van der Waals surface area contributed by atoms with E-state index in [9.17, 15) is 90.0 Å². The predicted molar refractivity (Wildman–Crippen MR) is 420 cm³/mol. The molecule has 27 N–H and O–H groups in total. The number of likely N-dealkylation sites (N-methyl/N-ethyl adjacent to an activating group) is 2. The number of phenolic OH excluding ortho intramolecular Hbond substituents is 3. The van der Waals surface area contributed by atoms with E-state index in [2.05, 4.69) is 45.6 Å². The van der Waals surface area contributed by atoms with Crippen molar-refractivity contribution in [3.8, 4) is 23.0 Å². The second kappa shape index (κ2) is 41.4. The number of methoxy groups -OCH3 is 1. The number of piperazine rings is 1. The second-order valence-corrected chi connectivity index (χ2v) is 29.2. The maximum atomic E-state index is 14.4. The van der Waals surface area contributed by atoms with Crippen LogP contribution in [-0.4, -0.2) is 315 Å². The lowest BCUT2D eigenvalue weighted by molar-refractivity contribution is -0.314. The third kappa shape index (κ3) is 21.6. The Kier molecular flexibility index (Phi) is 33.3. The van der Waals surface area contributed by atoms with E-state index in [4.69, 9.17) is 72.4 Å². The van der Waals surface area contributed by atoms with Crippen LogP contribution in [0.5, 0.6) is 23.0 Å². The number of anilines is 1. The molecule has 2 aromatic heterocycles. The summed E-state index contributed by atoms with van der Waals surface area (Å²) in [4.78, 5) is 94.4. The van der Waals surface area contributed by atoms with E-state index in [1.165, 1.54) is 104 Å². The number of nitrogens with zero attached hydrogens (tertiary/aromatic N) is 8. The van der Waals surface area contributed by atoms with Gasteiger partial charge in [-0.1, -0.05) is 45.9 Å². The van der Waals surface area contributed by atoms with Crippen LogP contribution in [0.2, 0.25) is 0 Å². The van der Waals surface area contributed by atoms with Crippen molar-refractivity contribution in [1.82, 2.24) is 35.6 Å². The summed E-state index contributed by atoms with van der Waals surface area (Å²) in [6, 6.07) is -0.910. The van der Waals surface area contributed by atoms with E-state index in [0.717, 1.165) is 13.1 Å². The molecule has 0 spiro atoms. The number of hydrogen-bond acceptors (Lipinski definition) is 36. The van der Waals surface area contributed by atoms with Gasteiger partial charge in [0.15, 0.2) is 42.1 Å². The number of esters is 1. The Morgan fingerprint density at radius 2 is 1.41 bits per heavy atom. The monoisotopic (exact) mass is 1660 g/mol. The molecule has 2 aromatic carbocycles. The van der Waals surface area contributed by atoms with Crippen LogP contribution in [0.1, 0.15) is 97.7 Å². The summed E-state index contributed by atoms with van der Waals surface area (Å²) in [6.07, 6.45) is -5.18. The Morgan fingerprint density at radius 1 is 0.763 bits per heavy atom. The minimum absolute atomic E-state index is 0.0559. The van der Waals surface area contributed by atoms with Crippen molar-refractivity contribution in [2.45, 2.75) is 184 Å². The van der Waals surface area contributed by atoms with E-state index in [1.54, 1.807) is 57.0 Å². The average molecular weight is 1660 g/mol. The highest BCUT2D eigenvalue weighted by molar-refractivity contribution is 6.24. The molecule has 24 atom stereocenters. The SMILES string of the molecule is CN[C@@H]1[C@H](O[C@H]2[C@H](O[C@H]3[C@H](O)[C@@H](O)[C@H](N=C(N)N)[C@@H](O)[C@@H]3N=C(N)N)O[C@@H](C)[C@]2(O)C=O)O[C@@H](CO)[C@H](O)[C@H]1O.CO[C@H]1/C=C/O[C@@]2(C)Oc3c(C)c(O)c4c(O)c(c(/C=N/N5CCN(C)CC5)c(O)c4c3C2=O)NC(=O)/C(C)=C\C=C\[C@@H](C)[C@@H](O)[C@@H](C)[C@H](O)[C@H](C)[C@H](OC(C)=O)[C@@H]1C.NC(=O)c1cnccn1.NNC(=O)c1ccncc1. The molecule has 43 heteroatoms. The maximum Gasteiger partial charge on any atom is 0.312 e. The number of guanidine groups is 2. The number of Topliss-reactive ketones (excluding diaryl/α,β-unsaturated/α-hetero) is 1. The molecule has 0 radical (unpaired) electrons. The third-order valence-corrected chi connectivity index (χ3v) is 21.1. The lowest BCUT2D eigenvalue weighted by Crippen LogP contribution is -2.66. The van der Waals surface area contributed by atoms with E-state index in [-0.39, 0.29) is 62.4 Å². The number of primary amides is 1. The van der Waals surface area contributed by atoms with Gasteiger partial charge in [-0.15, -0.1) is 0 Å². The number of fused-ring (bicyclic) bond motifs is 14. The van der Waals surface area contributed by atoms with E-state index in [0.29, 0.717) is 18.7 Å². The number of carbonyl (C=O) groups is 6. The highest BCUT2D eigenvalue weighted by Gasteiger charge is 2.61. The standard InChI is InChI=1S/C43H58N4O12.C21H39N7O12.C6H7N3O.C5H5N3O/c1-21-12-11-13-22(2)42(55)45-33-28(20-44-47-17-15-46(9)16-18-47)37(52)30-31(38(33)53)36(51)26(6)40-32(30)41(54)43(8,59-40)57-19-14-29(56-10)23(3)39(58-27(7)48)25(5)35(50)24(4)34(21)49;1-5-21(36,4-30)16(40-17-9(26-2)13(34)10(31)6(3-29)38-17)18(37-5)39-15-8(28-20(24)25)11(32)7(27-19(22)23)12(33)14(15)35;7-9-6(10)5-1-3-8-4-2-5;6-5(9)4-3-7-1-2-8-4/h11-14,19-21,23-25,29,34-35,39,49-53H,15-18H2,1-10H3,(H,45,55);4-18,26,29,31-36H,3H2,1-2H3,(H4,22,23,27)(H4,24,25,28);1-4H,7H2,(H,9,10);1-3H,(H2,6,9)/b12-11+,19-14+,22-13-,44-20+;;;/t21-,23-,24-,25+,29+,34-,35+,39-,43+;5-,6-,7+,8-,9-,10-,11+,12-,13-,14+,15+,16-,17-,18-,21+;;/m10../s1. The summed E-state index contributed by atoms with van der Waals surface area (Å²) >= 11 is 0. The molecule has 7 aliphatic rings. The number of hydrazone groups is 1. The molecular weight excluding hydrogens is 1550 g/mol. The van der Waals surface area contributed by atoms with Gasteiger partial charge in [0, 0.05) is 118 Å². The molecule has 43 nitrogen and oxygen atoms in total. The van der Waals surface area contributed by atoms with Crippen LogP contribution in [0.4, 0.5) is 5.69 Å². The quantitative estimate of drug-likeness (QED) is 0.00613. The number of carbonyl (C=O) groups excluding carboxylic acids is 6. The Balaban J connectivity index is 0.000000276. The van der Waals surface area contributed by atoms with Gasteiger partial charge in [-0.05, 0) is 53.1 Å². The molecule has 4 fully saturated rings. The van der Waals surface area contributed by atoms with Crippen molar-refractivity contribution in [2.24, 2.45) is 73.3 Å². The van der Waals surface area contributed by atoms with Crippen molar-refractivity contribution in [1.29, 1.82) is 0 Å². The number of benzene rings is 2. The van der Waals surface area contributed by atoms with Gasteiger partial charge in [-0.25, -0.2) is 20.8 Å². The summed E-state index contributed by atoms with van der Waals surface area (Å²) in [5.74, 6) is -5.35. The van der Waals surface area contributed by atoms with E-state index >= 15 is 0 Å². The summed E-state index contributed by atoms with van der Waals surface area (Å²) in [6.45, 7) is 15.7. The van der Waals surface area contributed by atoms with Gasteiger partial charge in [-0.3, -0.25) is 49.2 Å². The number of aliphatic hydroxyl groups is 9. The van der Waals surface area contributed by atoms with Crippen molar-refractivity contribution in [2.75, 3.05) is 59.3 Å². The first-order valence-electron chi connectivity index (χ1n) is 37.3. The number of nitrogen functional groups attached to an aromatic ring is 1. The van der Waals surface area contributed by atoms with Gasteiger partial charge in [-0.2, -0.15) is 5.10 Å². The number of phenols is 3. The number of nitrogens with one attached hydrogen (secondary N) is 3. The second-order valence-electron chi connectivity index (χ2n) is 29.2. The van der Waals surface area contributed by atoms with Crippen LogP contribution in [0.3, 0.4) is 0 Å². The molecule has 0 unspecified atom stereocenters. The molecule has 1 saturated carbocycles. The fourth-order valence-corrected chi connectivity index (χ4v) is 14.0. The molecule has 118 heavy (non-hydrogen) atoms. The van der Waals surface area contributed by atoms with Crippen LogP contribution < -0.4 is 55.3 Å². The number of rotatable bonds is 15. The summed E-state index contributed by atoms with van der Waals surface area (Å²) in [5.41, 5.74) is 26.6. The fourth-order valence-electron chi connectivity index (χ4n) is 14.0. The number of hydrazine groups is 1. The van der Waals surface area contributed by atoms with Gasteiger partial charge in [0.2, 0.25) is 0 Å². The predicted octanol–water partition coefficient (Wildman–Crippen LogP) is -4.57. The molecular formula is C75H109N17O26. The number of aromatic hydroxyl groups is 3. The van der Waals surface area contributed by atoms with Crippen molar-refractivity contribution in [3.63, 3.8) is 0 Å². The first kappa shape index (κ1) is 94.8. The smallest absolute Gasteiger partial charge is 0.312 e. The minimum atomic E-state index is -2.38. The van der Waals surface area contributed by atoms with Gasteiger partial charge in [0.25, 0.3) is 23.5 Å². The largest absolute Gasteiger partial charge is 0.507 e. The highest BCUT2D eigenvalue weighted by Crippen LogP contribution is 2.55. The number of allylic oxidation sites excluding steroid dienone is 2. The van der Waals surface area contributed by atoms with E-state index in [1.807, 2.05) is 12.5 Å². The van der Waals surface area contributed by atoms with Crippen LogP contribution in [0.25, 0.3) is 10.8 Å². The van der Waals surface area contributed by atoms with Crippen LogP contribution >= 0.6 is 0 Å². The molecule has 3 amide bonds. The zero-order chi connectivity index (χ0) is 87.9. The summed E-state index contributed by atoms with van der Waals surface area (Å²) in [7, 11) is 4.84. The first-order valence-corrected chi connectivity index (χ1v) is 37.3. The Hall–Kier alpha value is -10.3. The van der Waals surface area contributed by atoms with Gasteiger partial charge < -0.3 is 143 Å². The van der Waals surface area contributed by atoms with Crippen LogP contribution in [0.15, 0.2) is 94.3 Å². The molecule has 1 aliphatic carbocycles. The third-order valence-electron chi connectivity index (χ3n) is 21.1. The number of ether oxygens (including phenoxy) is 8. The van der Waals surface area contributed by atoms with E-state index < -0.39 is 204 Å². The zero-order valence-corrected chi connectivity index (χ0v) is 66.9. The molecule has 3 saturated heterocycles. The fraction of sp³-hybridized carbons (Fsp3) is 0.547. The van der Waals surface area contributed by atoms with Gasteiger partial charge >= 0.3 is 11.8 Å².